The summed E-state index contributed by atoms with van der Waals surface area (Å²) in [7, 11) is 0. The molecule has 10 heteroatoms. The average molecular weight is 433 g/mol. The summed E-state index contributed by atoms with van der Waals surface area (Å²) in [6, 6.07) is 11.3. The van der Waals surface area contributed by atoms with E-state index in [1.165, 1.54) is 23.1 Å². The molecule has 0 bridgehead atoms. The molecule has 7 nitrogen and oxygen atoms in total. The monoisotopic (exact) mass is 433 g/mol. The van der Waals surface area contributed by atoms with Gasteiger partial charge in [-0.2, -0.15) is 13.2 Å². The first-order chi connectivity index (χ1) is 14.8. The summed E-state index contributed by atoms with van der Waals surface area (Å²) in [6.07, 6.45) is -4.42. The molecular formula is C21H18F3N3O4. The Hall–Kier alpha value is -3.40. The van der Waals surface area contributed by atoms with Crippen LogP contribution in [0.1, 0.15) is 26.3 Å². The Balaban J connectivity index is 1.31. The van der Waals surface area contributed by atoms with E-state index in [0.717, 1.165) is 12.1 Å². The van der Waals surface area contributed by atoms with E-state index in [0.29, 0.717) is 23.8 Å². The minimum atomic E-state index is -4.42. The number of fused-ring (bicyclic) bond motifs is 1. The van der Waals surface area contributed by atoms with Crippen molar-refractivity contribution >= 4 is 23.4 Å². The number of hydrogen-bond acceptors (Lipinski definition) is 5. The Morgan fingerprint density at radius 2 is 1.52 bits per heavy atom. The first-order valence-corrected chi connectivity index (χ1v) is 9.56. The van der Waals surface area contributed by atoms with E-state index in [1.807, 2.05) is 0 Å². The van der Waals surface area contributed by atoms with Crippen LogP contribution in [-0.2, 0) is 15.8 Å². The van der Waals surface area contributed by atoms with Gasteiger partial charge < -0.3 is 9.80 Å². The summed E-state index contributed by atoms with van der Waals surface area (Å²) < 4.78 is 38.8. The van der Waals surface area contributed by atoms with Crippen LogP contribution >= 0.6 is 0 Å². The van der Waals surface area contributed by atoms with Crippen LogP contribution in [0.2, 0.25) is 0 Å². The van der Waals surface area contributed by atoms with Crippen molar-refractivity contribution in [3.63, 3.8) is 0 Å². The van der Waals surface area contributed by atoms with Gasteiger partial charge in [0, 0.05) is 31.9 Å². The van der Waals surface area contributed by atoms with Crippen molar-refractivity contribution in [1.82, 2.24) is 9.96 Å². The second-order valence-corrected chi connectivity index (χ2v) is 7.14. The Kier molecular flexibility index (Phi) is 5.40. The number of benzene rings is 2. The molecular weight excluding hydrogens is 415 g/mol. The third-order valence-corrected chi connectivity index (χ3v) is 5.24. The lowest BCUT2D eigenvalue weighted by molar-refractivity contribution is -0.149. The van der Waals surface area contributed by atoms with Crippen molar-refractivity contribution in [1.29, 1.82) is 0 Å². The van der Waals surface area contributed by atoms with Crippen LogP contribution in [0.25, 0.3) is 0 Å². The quantitative estimate of drug-likeness (QED) is 0.694. The molecule has 3 amide bonds. The number of imide groups is 1. The first kappa shape index (κ1) is 20.9. The van der Waals surface area contributed by atoms with Gasteiger partial charge in [-0.15, -0.1) is 5.06 Å². The number of rotatable bonds is 4. The van der Waals surface area contributed by atoms with Crippen molar-refractivity contribution in [2.24, 2.45) is 0 Å². The van der Waals surface area contributed by atoms with E-state index in [2.05, 4.69) is 0 Å². The zero-order chi connectivity index (χ0) is 22.2. The van der Waals surface area contributed by atoms with Crippen molar-refractivity contribution in [2.45, 2.75) is 6.18 Å². The number of amides is 3. The molecule has 162 valence electrons. The predicted molar refractivity (Wildman–Crippen MR) is 103 cm³/mol. The van der Waals surface area contributed by atoms with Gasteiger partial charge in [0.15, 0.2) is 6.61 Å². The third-order valence-electron chi connectivity index (χ3n) is 5.24. The van der Waals surface area contributed by atoms with E-state index in [-0.39, 0.29) is 24.2 Å². The number of halogens is 3. The molecule has 0 unspecified atom stereocenters. The van der Waals surface area contributed by atoms with Gasteiger partial charge in [0.2, 0.25) is 0 Å². The molecule has 4 rings (SSSR count). The van der Waals surface area contributed by atoms with Gasteiger partial charge in [-0.25, -0.2) is 0 Å². The van der Waals surface area contributed by atoms with Crippen LogP contribution in [0.3, 0.4) is 0 Å². The van der Waals surface area contributed by atoms with Crippen LogP contribution < -0.4 is 4.90 Å². The molecule has 31 heavy (non-hydrogen) atoms. The Labute approximate surface area is 175 Å². The van der Waals surface area contributed by atoms with Crippen molar-refractivity contribution in [2.75, 3.05) is 37.7 Å². The Morgan fingerprint density at radius 1 is 0.903 bits per heavy atom. The van der Waals surface area contributed by atoms with E-state index in [4.69, 9.17) is 4.84 Å². The number of carbonyl (C=O) groups is 3. The van der Waals surface area contributed by atoms with E-state index >= 15 is 0 Å². The highest BCUT2D eigenvalue weighted by molar-refractivity contribution is 6.20. The molecule has 0 aromatic heterocycles. The average Bonchev–Trinajstić information content (AvgIpc) is 3.02. The molecule has 2 aliphatic heterocycles. The number of alkyl halides is 3. The highest BCUT2D eigenvalue weighted by Gasteiger charge is 2.37. The van der Waals surface area contributed by atoms with Gasteiger partial charge in [-0.1, -0.05) is 18.2 Å². The largest absolute Gasteiger partial charge is 0.416 e. The number of piperazine rings is 1. The van der Waals surface area contributed by atoms with E-state index in [9.17, 15) is 27.6 Å². The standard InChI is InChI=1S/C21H18F3N3O4/c22-21(23,24)14-4-3-5-15(12-14)25-8-10-26(11-9-25)18(28)13-31-27-19(29)16-6-1-2-7-17(16)20(27)30/h1-7,12H,8-11,13H2. The smallest absolute Gasteiger partial charge is 0.368 e. The second-order valence-electron chi connectivity index (χ2n) is 7.14. The van der Waals surface area contributed by atoms with Crippen LogP contribution in [0.4, 0.5) is 18.9 Å². The van der Waals surface area contributed by atoms with Gasteiger partial charge in [0.1, 0.15) is 0 Å². The van der Waals surface area contributed by atoms with Gasteiger partial charge >= 0.3 is 6.18 Å². The lowest BCUT2D eigenvalue weighted by Crippen LogP contribution is -2.50. The zero-order valence-electron chi connectivity index (χ0n) is 16.3. The maximum atomic E-state index is 12.9. The van der Waals surface area contributed by atoms with Crippen molar-refractivity contribution in [3.05, 3.63) is 65.2 Å². The Morgan fingerprint density at radius 3 is 2.10 bits per heavy atom. The molecule has 2 aromatic rings. The van der Waals surface area contributed by atoms with E-state index < -0.39 is 36.1 Å². The van der Waals surface area contributed by atoms with Crippen LogP contribution in [0.5, 0.6) is 0 Å². The minimum absolute atomic E-state index is 0.217. The van der Waals surface area contributed by atoms with Crippen molar-refractivity contribution < 1.29 is 32.4 Å². The molecule has 0 N–H and O–H groups in total. The van der Waals surface area contributed by atoms with Gasteiger partial charge in [-0.3, -0.25) is 19.2 Å². The second kappa shape index (κ2) is 8.03. The van der Waals surface area contributed by atoms with Crippen molar-refractivity contribution in [3.8, 4) is 0 Å². The summed E-state index contributed by atoms with van der Waals surface area (Å²) in [4.78, 5) is 45.4. The molecule has 1 saturated heterocycles. The molecule has 0 spiro atoms. The minimum Gasteiger partial charge on any atom is -0.368 e. The summed E-state index contributed by atoms with van der Waals surface area (Å²) >= 11 is 0. The number of nitrogens with zero attached hydrogens (tertiary/aromatic N) is 3. The first-order valence-electron chi connectivity index (χ1n) is 9.56. The maximum absolute atomic E-state index is 12.9. The zero-order valence-corrected chi connectivity index (χ0v) is 16.3. The van der Waals surface area contributed by atoms with Gasteiger partial charge in [-0.05, 0) is 30.3 Å². The maximum Gasteiger partial charge on any atom is 0.416 e. The highest BCUT2D eigenvalue weighted by atomic mass is 19.4. The summed E-state index contributed by atoms with van der Waals surface area (Å²) in [5, 5.41) is 0.585. The normalized spacial score (nSPS) is 16.7. The molecule has 0 aliphatic carbocycles. The number of hydrogen-bond donors (Lipinski definition) is 0. The topological polar surface area (TPSA) is 70.2 Å². The number of anilines is 1. The molecule has 0 radical (unpaired) electrons. The van der Waals surface area contributed by atoms with Crippen LogP contribution in [0.15, 0.2) is 48.5 Å². The molecule has 2 aromatic carbocycles. The lowest BCUT2D eigenvalue weighted by atomic mass is 10.1. The fraction of sp³-hybridized carbons (Fsp3) is 0.286. The van der Waals surface area contributed by atoms with Gasteiger partial charge in [0.25, 0.3) is 17.7 Å². The molecule has 0 atom stereocenters. The number of hydroxylamine groups is 2. The van der Waals surface area contributed by atoms with Crippen LogP contribution in [0, 0.1) is 0 Å². The van der Waals surface area contributed by atoms with E-state index in [1.54, 1.807) is 23.1 Å². The molecule has 2 heterocycles. The fourth-order valence-electron chi connectivity index (χ4n) is 3.59. The Bertz CT molecular complexity index is 998. The lowest BCUT2D eigenvalue weighted by Gasteiger charge is -2.36. The molecule has 1 fully saturated rings. The SMILES string of the molecule is O=C(CON1C(=O)c2ccccc2C1=O)N1CCN(c2cccc(C(F)(F)F)c2)CC1. The molecule has 2 aliphatic rings. The summed E-state index contributed by atoms with van der Waals surface area (Å²) in [5.74, 6) is -1.66. The van der Waals surface area contributed by atoms with Crippen LogP contribution in [-0.4, -0.2) is 60.5 Å². The highest BCUT2D eigenvalue weighted by Crippen LogP contribution is 2.32. The fourth-order valence-corrected chi connectivity index (χ4v) is 3.59. The molecule has 0 saturated carbocycles. The third kappa shape index (κ3) is 4.11. The predicted octanol–water partition coefficient (Wildman–Crippen LogP) is 2.58. The summed E-state index contributed by atoms with van der Waals surface area (Å²) in [5.41, 5.74) is 0.145. The summed E-state index contributed by atoms with van der Waals surface area (Å²) in [6.45, 7) is 0.760. The number of carbonyl (C=O) groups excluding carboxylic acids is 3. The van der Waals surface area contributed by atoms with Gasteiger partial charge in [0.05, 0.1) is 16.7 Å².